The first-order valence-electron chi connectivity index (χ1n) is 4.66. The molecule has 8 heteroatoms. The molecule has 0 amide bonds. The van der Waals surface area contributed by atoms with Gasteiger partial charge < -0.3 is 0 Å². The van der Waals surface area contributed by atoms with E-state index >= 15 is 0 Å². The lowest BCUT2D eigenvalue weighted by Crippen LogP contribution is -2.32. The van der Waals surface area contributed by atoms with Crippen LogP contribution in [0.1, 0.15) is 12.6 Å². The first-order valence-corrected chi connectivity index (χ1v) is 7.77. The quantitative estimate of drug-likeness (QED) is 0.769. The number of aromatic amines is 1. The van der Waals surface area contributed by atoms with Crippen LogP contribution in [-0.4, -0.2) is 40.9 Å². The molecule has 0 aromatic carbocycles. The minimum Gasteiger partial charge on any atom is -0.281 e. The molecule has 2 N–H and O–H groups in total. The van der Waals surface area contributed by atoms with Gasteiger partial charge in [-0.15, -0.1) is 0 Å². The molecule has 1 aromatic rings. The molecule has 92 valence electrons. The highest BCUT2D eigenvalue weighted by Crippen LogP contribution is 2.10. The summed E-state index contributed by atoms with van der Waals surface area (Å²) in [5.41, 5.74) is 0.484. The van der Waals surface area contributed by atoms with Crippen molar-refractivity contribution in [3.8, 4) is 0 Å². The number of hydrogen-bond donors (Lipinski definition) is 2. The van der Waals surface area contributed by atoms with Gasteiger partial charge in [-0.1, -0.05) is 0 Å². The molecule has 2 unspecified atom stereocenters. The number of sulfonamides is 1. The van der Waals surface area contributed by atoms with Crippen LogP contribution in [0.5, 0.6) is 0 Å². The predicted molar refractivity (Wildman–Crippen MR) is 62.0 cm³/mol. The summed E-state index contributed by atoms with van der Waals surface area (Å²) < 4.78 is 37.0. The van der Waals surface area contributed by atoms with Gasteiger partial charge in [-0.3, -0.25) is 9.31 Å². The van der Waals surface area contributed by atoms with Gasteiger partial charge in [-0.25, -0.2) is 13.1 Å². The van der Waals surface area contributed by atoms with Crippen molar-refractivity contribution in [2.75, 3.05) is 12.8 Å². The van der Waals surface area contributed by atoms with Crippen LogP contribution >= 0.6 is 0 Å². The molecular formula is C8H15N3O3S2. The molecule has 0 saturated heterocycles. The van der Waals surface area contributed by atoms with Gasteiger partial charge in [0.1, 0.15) is 4.90 Å². The molecule has 0 saturated carbocycles. The number of aryl methyl sites for hydroxylation is 1. The fourth-order valence-electron chi connectivity index (χ4n) is 1.03. The fourth-order valence-corrected chi connectivity index (χ4v) is 2.72. The second-order valence-electron chi connectivity index (χ2n) is 3.52. The fraction of sp³-hybridized carbons (Fsp3) is 0.625. The van der Waals surface area contributed by atoms with E-state index in [1.807, 2.05) is 0 Å². The SMILES string of the molecule is Cc1[nH]ncc1S(=O)(=O)NCC(C)S(C)=O. The lowest BCUT2D eigenvalue weighted by Gasteiger charge is -2.09. The Morgan fingerprint density at radius 3 is 2.69 bits per heavy atom. The molecule has 0 fully saturated rings. The monoisotopic (exact) mass is 265 g/mol. The highest BCUT2D eigenvalue weighted by Gasteiger charge is 2.19. The average Bonchev–Trinajstić information content (AvgIpc) is 2.61. The van der Waals surface area contributed by atoms with Crippen LogP contribution in [0.3, 0.4) is 0 Å². The van der Waals surface area contributed by atoms with Gasteiger partial charge in [0.15, 0.2) is 0 Å². The van der Waals surface area contributed by atoms with E-state index in [-0.39, 0.29) is 16.7 Å². The predicted octanol–water partition coefficient (Wildman–Crippen LogP) is -0.237. The Morgan fingerprint density at radius 1 is 1.62 bits per heavy atom. The zero-order valence-electron chi connectivity index (χ0n) is 9.35. The molecule has 6 nitrogen and oxygen atoms in total. The highest BCUT2D eigenvalue weighted by molar-refractivity contribution is 7.89. The number of H-pyrrole nitrogens is 1. The smallest absolute Gasteiger partial charge is 0.243 e. The maximum absolute atomic E-state index is 11.8. The molecule has 0 bridgehead atoms. The second-order valence-corrected chi connectivity index (χ2v) is 7.06. The number of hydrogen-bond acceptors (Lipinski definition) is 4. The number of aromatic nitrogens is 2. The highest BCUT2D eigenvalue weighted by atomic mass is 32.2. The third-order valence-electron chi connectivity index (χ3n) is 2.20. The Kier molecular flexibility index (Phi) is 4.22. The Bertz CT molecular complexity index is 480. The Labute approximate surface area is 97.3 Å². The zero-order chi connectivity index (χ0) is 12.3. The minimum absolute atomic E-state index is 0.126. The summed E-state index contributed by atoms with van der Waals surface area (Å²) in [6.07, 6.45) is 2.80. The van der Waals surface area contributed by atoms with Crippen LogP contribution in [0.15, 0.2) is 11.1 Å². The van der Waals surface area contributed by atoms with Crippen molar-refractivity contribution in [2.45, 2.75) is 24.0 Å². The number of rotatable bonds is 5. The van der Waals surface area contributed by atoms with Gasteiger partial charge >= 0.3 is 0 Å². The lowest BCUT2D eigenvalue weighted by atomic mass is 10.5. The topological polar surface area (TPSA) is 91.9 Å². The summed E-state index contributed by atoms with van der Waals surface area (Å²) in [7, 11) is -4.60. The van der Waals surface area contributed by atoms with E-state index in [1.165, 1.54) is 6.20 Å². The molecule has 0 aliphatic heterocycles. The van der Waals surface area contributed by atoms with Crippen molar-refractivity contribution in [3.63, 3.8) is 0 Å². The Hall–Kier alpha value is -0.730. The maximum Gasteiger partial charge on any atom is 0.243 e. The van der Waals surface area contributed by atoms with E-state index in [0.29, 0.717) is 5.69 Å². The molecule has 0 spiro atoms. The van der Waals surface area contributed by atoms with E-state index in [0.717, 1.165) is 0 Å². The summed E-state index contributed by atoms with van der Waals surface area (Å²) in [6.45, 7) is 3.50. The van der Waals surface area contributed by atoms with Gasteiger partial charge in [0.05, 0.1) is 11.9 Å². The summed E-state index contributed by atoms with van der Waals surface area (Å²) in [6, 6.07) is 0. The van der Waals surface area contributed by atoms with Crippen molar-refractivity contribution >= 4 is 20.8 Å². The van der Waals surface area contributed by atoms with Gasteiger partial charge in [-0.2, -0.15) is 5.10 Å². The normalized spacial score (nSPS) is 15.9. The van der Waals surface area contributed by atoms with Crippen LogP contribution < -0.4 is 4.72 Å². The van der Waals surface area contributed by atoms with Gasteiger partial charge in [0.2, 0.25) is 10.0 Å². The first kappa shape index (κ1) is 13.3. The molecular weight excluding hydrogens is 250 g/mol. The lowest BCUT2D eigenvalue weighted by molar-refractivity contribution is 0.580. The number of nitrogens with one attached hydrogen (secondary N) is 2. The third kappa shape index (κ3) is 3.13. The van der Waals surface area contributed by atoms with E-state index < -0.39 is 20.8 Å². The summed E-state index contributed by atoms with van der Waals surface area (Å²) in [5.74, 6) is 0. The molecule has 1 heterocycles. The summed E-state index contributed by atoms with van der Waals surface area (Å²) in [4.78, 5) is 0.126. The van der Waals surface area contributed by atoms with E-state index in [1.54, 1.807) is 20.1 Å². The zero-order valence-corrected chi connectivity index (χ0v) is 11.0. The van der Waals surface area contributed by atoms with Crippen LogP contribution in [0.25, 0.3) is 0 Å². The van der Waals surface area contributed by atoms with Gasteiger partial charge in [0.25, 0.3) is 0 Å². The van der Waals surface area contributed by atoms with Crippen molar-refractivity contribution in [3.05, 3.63) is 11.9 Å². The maximum atomic E-state index is 11.8. The Morgan fingerprint density at radius 2 is 2.25 bits per heavy atom. The molecule has 2 atom stereocenters. The molecule has 0 radical (unpaired) electrons. The Balaban J connectivity index is 2.75. The van der Waals surface area contributed by atoms with Crippen LogP contribution in [0.2, 0.25) is 0 Å². The van der Waals surface area contributed by atoms with Crippen molar-refractivity contribution < 1.29 is 12.6 Å². The van der Waals surface area contributed by atoms with E-state index in [2.05, 4.69) is 14.9 Å². The van der Waals surface area contributed by atoms with Crippen molar-refractivity contribution in [1.82, 2.24) is 14.9 Å². The van der Waals surface area contributed by atoms with Crippen molar-refractivity contribution in [1.29, 1.82) is 0 Å². The molecule has 1 rings (SSSR count). The van der Waals surface area contributed by atoms with E-state index in [9.17, 15) is 12.6 Å². The minimum atomic E-state index is -3.55. The molecule has 0 aliphatic rings. The molecule has 1 aromatic heterocycles. The standard InChI is InChI=1S/C8H15N3O3S2/c1-6(15(3)12)4-10-16(13,14)8-5-9-11-7(8)2/h5-6,10H,4H2,1-3H3,(H,9,11). The largest absolute Gasteiger partial charge is 0.281 e. The molecule has 0 aliphatic carbocycles. The van der Waals surface area contributed by atoms with Crippen LogP contribution in [0.4, 0.5) is 0 Å². The second kappa shape index (κ2) is 5.07. The van der Waals surface area contributed by atoms with Gasteiger partial charge in [-0.05, 0) is 13.8 Å². The third-order valence-corrected chi connectivity index (χ3v) is 5.04. The summed E-state index contributed by atoms with van der Waals surface area (Å²) in [5, 5.41) is 5.98. The van der Waals surface area contributed by atoms with Crippen LogP contribution in [0, 0.1) is 6.92 Å². The summed E-state index contributed by atoms with van der Waals surface area (Å²) >= 11 is 0. The molecule has 16 heavy (non-hydrogen) atoms. The van der Waals surface area contributed by atoms with Crippen LogP contribution in [-0.2, 0) is 20.8 Å². The van der Waals surface area contributed by atoms with E-state index in [4.69, 9.17) is 0 Å². The number of nitrogens with zero attached hydrogens (tertiary/aromatic N) is 1. The van der Waals surface area contributed by atoms with Crippen molar-refractivity contribution in [2.24, 2.45) is 0 Å². The first-order chi connectivity index (χ1) is 7.34. The van der Waals surface area contributed by atoms with Gasteiger partial charge in [0, 0.05) is 28.9 Å². The average molecular weight is 265 g/mol.